The van der Waals surface area contributed by atoms with Crippen LogP contribution in [0.25, 0.3) is 0 Å². The van der Waals surface area contributed by atoms with Crippen LogP contribution < -0.4 is 11.3 Å². The molecule has 2 aromatic rings. The Morgan fingerprint density at radius 2 is 1.59 bits per heavy atom. The normalized spacial score (nSPS) is 12.3. The van der Waals surface area contributed by atoms with Gasteiger partial charge in [0.1, 0.15) is 11.3 Å². The number of halogens is 3. The zero-order chi connectivity index (χ0) is 20.7. The van der Waals surface area contributed by atoms with E-state index in [4.69, 9.17) is 5.73 Å². The van der Waals surface area contributed by atoms with E-state index in [1.165, 1.54) is 0 Å². The lowest BCUT2D eigenvalue weighted by Gasteiger charge is -2.23. The molecule has 4 nitrogen and oxygen atoms in total. The molecule has 0 aliphatic rings. The third-order valence-electron chi connectivity index (χ3n) is 4.61. The van der Waals surface area contributed by atoms with Crippen LogP contribution in [0.15, 0.2) is 29.1 Å². The number of aryl methyl sites for hydroxylation is 2. The van der Waals surface area contributed by atoms with Crippen LogP contribution in [0.3, 0.4) is 0 Å². The van der Waals surface area contributed by atoms with Crippen LogP contribution >= 0.6 is 0 Å². The molecule has 0 saturated heterocycles. The number of benzene rings is 1. The SMILES string of the molecule is Cc1cc(C(C)(C)C)cc(C)c1Cn1c(C(F)(F)F)ccc(C(N)=O)c1=O. The maximum absolute atomic E-state index is 13.4. The molecule has 1 amide bonds. The Morgan fingerprint density at radius 3 is 2.00 bits per heavy atom. The van der Waals surface area contributed by atoms with Gasteiger partial charge in [-0.2, -0.15) is 13.2 Å². The lowest BCUT2D eigenvalue weighted by molar-refractivity contribution is -0.144. The molecule has 146 valence electrons. The van der Waals surface area contributed by atoms with Gasteiger partial charge in [-0.25, -0.2) is 0 Å². The van der Waals surface area contributed by atoms with Crippen LogP contribution in [0, 0.1) is 13.8 Å². The molecule has 0 unspecified atom stereocenters. The van der Waals surface area contributed by atoms with Crippen LogP contribution in [-0.4, -0.2) is 10.5 Å². The number of carbonyl (C=O) groups excluding carboxylic acids is 1. The first-order valence-electron chi connectivity index (χ1n) is 8.45. The summed E-state index contributed by atoms with van der Waals surface area (Å²) in [6.07, 6.45) is -4.73. The second kappa shape index (κ2) is 6.87. The van der Waals surface area contributed by atoms with Crippen molar-refractivity contribution in [2.24, 2.45) is 5.73 Å². The van der Waals surface area contributed by atoms with E-state index in [9.17, 15) is 22.8 Å². The molecule has 0 atom stereocenters. The van der Waals surface area contributed by atoms with Gasteiger partial charge in [0.25, 0.3) is 11.5 Å². The van der Waals surface area contributed by atoms with Gasteiger partial charge in [-0.3, -0.25) is 14.2 Å². The molecule has 1 aromatic carbocycles. The number of hydrogen-bond donors (Lipinski definition) is 1. The van der Waals surface area contributed by atoms with Crippen molar-refractivity contribution in [1.29, 1.82) is 0 Å². The molecule has 1 heterocycles. The summed E-state index contributed by atoms with van der Waals surface area (Å²) in [5.74, 6) is -1.06. The maximum atomic E-state index is 13.4. The van der Waals surface area contributed by atoms with Crippen LogP contribution in [0.5, 0.6) is 0 Å². The van der Waals surface area contributed by atoms with E-state index in [1.807, 2.05) is 32.9 Å². The number of aromatic nitrogens is 1. The fourth-order valence-corrected chi connectivity index (χ4v) is 3.00. The molecule has 7 heteroatoms. The molecule has 0 aliphatic heterocycles. The first kappa shape index (κ1) is 20.7. The highest BCUT2D eigenvalue weighted by Crippen LogP contribution is 2.31. The molecule has 2 N–H and O–H groups in total. The highest BCUT2D eigenvalue weighted by molar-refractivity contribution is 5.92. The smallest absolute Gasteiger partial charge is 0.365 e. The largest absolute Gasteiger partial charge is 0.431 e. The number of carbonyl (C=O) groups is 1. The summed E-state index contributed by atoms with van der Waals surface area (Å²) in [6.45, 7) is 9.44. The van der Waals surface area contributed by atoms with E-state index in [0.29, 0.717) is 10.1 Å². The van der Waals surface area contributed by atoms with Crippen molar-refractivity contribution in [3.8, 4) is 0 Å². The summed E-state index contributed by atoms with van der Waals surface area (Å²) in [6, 6.07) is 5.37. The average Bonchev–Trinajstić information content (AvgIpc) is 2.49. The van der Waals surface area contributed by atoms with Crippen molar-refractivity contribution in [1.82, 2.24) is 4.57 Å². The number of nitrogens with zero attached hydrogens (tertiary/aromatic N) is 1. The van der Waals surface area contributed by atoms with Crippen molar-refractivity contribution in [2.75, 3.05) is 0 Å². The Hall–Kier alpha value is -2.57. The average molecular weight is 380 g/mol. The van der Waals surface area contributed by atoms with Gasteiger partial charge in [0.05, 0.1) is 6.54 Å². The van der Waals surface area contributed by atoms with Crippen LogP contribution in [0.1, 0.15) is 59.1 Å². The fourth-order valence-electron chi connectivity index (χ4n) is 3.00. The maximum Gasteiger partial charge on any atom is 0.431 e. The Kier molecular flexibility index (Phi) is 5.27. The standard InChI is InChI=1S/C20H23F3N2O2/c1-11-8-13(19(3,4)5)9-12(2)15(11)10-25-16(20(21,22)23)7-6-14(17(24)26)18(25)27/h6-9H,10H2,1-5H3,(H2,24,26). The van der Waals surface area contributed by atoms with Gasteiger partial charge < -0.3 is 5.73 Å². The highest BCUT2D eigenvalue weighted by atomic mass is 19.4. The number of amides is 1. The zero-order valence-corrected chi connectivity index (χ0v) is 16.0. The van der Waals surface area contributed by atoms with E-state index >= 15 is 0 Å². The van der Waals surface area contributed by atoms with E-state index in [2.05, 4.69) is 0 Å². The quantitative estimate of drug-likeness (QED) is 0.877. The Bertz CT molecular complexity index is 928. The fraction of sp³-hybridized carbons (Fsp3) is 0.400. The summed E-state index contributed by atoms with van der Waals surface area (Å²) >= 11 is 0. The zero-order valence-electron chi connectivity index (χ0n) is 16.0. The molecule has 1 aromatic heterocycles. The predicted molar refractivity (Wildman–Crippen MR) is 97.9 cm³/mol. The number of primary amides is 1. The van der Waals surface area contributed by atoms with Crippen molar-refractivity contribution in [3.63, 3.8) is 0 Å². The van der Waals surface area contributed by atoms with E-state index in [0.717, 1.165) is 28.8 Å². The second-order valence-electron chi connectivity index (χ2n) is 7.72. The van der Waals surface area contributed by atoms with E-state index < -0.39 is 28.9 Å². The molecule has 0 aliphatic carbocycles. The Balaban J connectivity index is 2.69. The molecule has 27 heavy (non-hydrogen) atoms. The Labute approximate surface area is 155 Å². The van der Waals surface area contributed by atoms with Gasteiger partial charge in [0.15, 0.2) is 0 Å². The van der Waals surface area contributed by atoms with Crippen molar-refractivity contribution >= 4 is 5.91 Å². The number of nitrogens with two attached hydrogens (primary N) is 1. The molecule has 0 spiro atoms. The summed E-state index contributed by atoms with van der Waals surface area (Å²) in [5, 5.41) is 0. The van der Waals surface area contributed by atoms with Crippen molar-refractivity contribution in [3.05, 3.63) is 68.1 Å². The van der Waals surface area contributed by atoms with Gasteiger partial charge >= 0.3 is 6.18 Å². The minimum atomic E-state index is -4.73. The molecule has 0 radical (unpaired) electrons. The molecule has 0 fully saturated rings. The first-order valence-corrected chi connectivity index (χ1v) is 8.45. The minimum absolute atomic E-state index is 0.117. The number of hydrogen-bond acceptors (Lipinski definition) is 2. The van der Waals surface area contributed by atoms with Gasteiger partial charge in [-0.1, -0.05) is 32.9 Å². The lowest BCUT2D eigenvalue weighted by atomic mass is 9.84. The summed E-state index contributed by atoms with van der Waals surface area (Å²) in [7, 11) is 0. The first-order chi connectivity index (χ1) is 12.2. The summed E-state index contributed by atoms with van der Waals surface area (Å²) in [5.41, 5.74) is 5.61. The van der Waals surface area contributed by atoms with Crippen molar-refractivity contribution in [2.45, 2.75) is 52.8 Å². The molecular weight excluding hydrogens is 357 g/mol. The third-order valence-corrected chi connectivity index (χ3v) is 4.61. The Morgan fingerprint density at radius 1 is 1.07 bits per heavy atom. The summed E-state index contributed by atoms with van der Waals surface area (Å²) < 4.78 is 40.8. The molecule has 0 bridgehead atoms. The van der Waals surface area contributed by atoms with Gasteiger partial charge in [0, 0.05) is 0 Å². The molecule has 0 saturated carbocycles. The second-order valence-corrected chi connectivity index (χ2v) is 7.72. The van der Waals surface area contributed by atoms with Gasteiger partial charge in [0.2, 0.25) is 0 Å². The number of rotatable bonds is 3. The van der Waals surface area contributed by atoms with E-state index in [-0.39, 0.29) is 12.0 Å². The molecule has 2 rings (SSSR count). The van der Waals surface area contributed by atoms with Crippen LogP contribution in [0.2, 0.25) is 0 Å². The van der Waals surface area contributed by atoms with Crippen LogP contribution in [0.4, 0.5) is 13.2 Å². The third kappa shape index (κ3) is 4.23. The van der Waals surface area contributed by atoms with Crippen molar-refractivity contribution < 1.29 is 18.0 Å². The lowest BCUT2D eigenvalue weighted by Crippen LogP contribution is -2.34. The monoisotopic (exact) mass is 380 g/mol. The van der Waals surface area contributed by atoms with Gasteiger partial charge in [-0.15, -0.1) is 0 Å². The molecular formula is C20H23F3N2O2. The topological polar surface area (TPSA) is 65.1 Å². The predicted octanol–water partition coefficient (Wildman–Crippen LogP) is 3.93. The highest BCUT2D eigenvalue weighted by Gasteiger charge is 2.35. The number of pyridine rings is 1. The minimum Gasteiger partial charge on any atom is -0.365 e. The van der Waals surface area contributed by atoms with Gasteiger partial charge in [-0.05, 0) is 53.6 Å². The van der Waals surface area contributed by atoms with Crippen LogP contribution in [-0.2, 0) is 18.1 Å². The van der Waals surface area contributed by atoms with E-state index in [1.54, 1.807) is 13.8 Å². The number of alkyl halides is 3. The summed E-state index contributed by atoms with van der Waals surface area (Å²) in [4.78, 5) is 23.9.